The van der Waals surface area contributed by atoms with Gasteiger partial charge in [0.15, 0.2) is 6.10 Å². The van der Waals surface area contributed by atoms with Crippen LogP contribution < -0.4 is 0 Å². The van der Waals surface area contributed by atoms with Crippen molar-refractivity contribution in [2.24, 2.45) is 11.8 Å². The summed E-state index contributed by atoms with van der Waals surface area (Å²) in [5.74, 6) is 0.936. The lowest BCUT2D eigenvalue weighted by Crippen LogP contribution is -2.30. The first-order valence-electron chi connectivity index (χ1n) is 34.3. The van der Waals surface area contributed by atoms with Crippen LogP contribution in [0.2, 0.25) is 0 Å². The van der Waals surface area contributed by atoms with Gasteiger partial charge in [0.2, 0.25) is 0 Å². The van der Waals surface area contributed by atoms with Crippen molar-refractivity contribution in [2.75, 3.05) is 13.2 Å². The molecular weight excluding hydrogens is 925 g/mol. The number of rotatable bonds is 63. The van der Waals surface area contributed by atoms with Crippen LogP contribution in [0.3, 0.4) is 0 Å². The third-order valence-electron chi connectivity index (χ3n) is 16.3. The molecular formula is C69H134O6. The van der Waals surface area contributed by atoms with E-state index in [0.29, 0.717) is 19.3 Å². The molecule has 0 aromatic heterocycles. The van der Waals surface area contributed by atoms with Crippen molar-refractivity contribution in [1.29, 1.82) is 0 Å². The minimum Gasteiger partial charge on any atom is -0.462 e. The predicted octanol–water partition coefficient (Wildman–Crippen LogP) is 23.2. The molecule has 0 fully saturated rings. The summed E-state index contributed by atoms with van der Waals surface area (Å²) in [7, 11) is 0. The van der Waals surface area contributed by atoms with Gasteiger partial charge in [-0.15, -0.1) is 0 Å². The normalized spacial score (nSPS) is 12.4. The Morgan fingerprint density at radius 1 is 0.280 bits per heavy atom. The molecule has 0 amide bonds. The monoisotopic (exact) mass is 1060 g/mol. The fourth-order valence-electron chi connectivity index (χ4n) is 10.8. The summed E-state index contributed by atoms with van der Waals surface area (Å²) in [5.41, 5.74) is 0. The molecule has 0 radical (unpaired) electrons. The number of esters is 3. The van der Waals surface area contributed by atoms with E-state index in [4.69, 9.17) is 14.2 Å². The van der Waals surface area contributed by atoms with Gasteiger partial charge in [0, 0.05) is 19.3 Å². The van der Waals surface area contributed by atoms with Gasteiger partial charge in [0.05, 0.1) is 0 Å². The Morgan fingerprint density at radius 3 is 0.760 bits per heavy atom. The van der Waals surface area contributed by atoms with Gasteiger partial charge < -0.3 is 14.2 Å². The van der Waals surface area contributed by atoms with Crippen molar-refractivity contribution >= 4 is 17.9 Å². The Balaban J connectivity index is 4.27. The number of ether oxygens (including phenoxy) is 3. The summed E-state index contributed by atoms with van der Waals surface area (Å²) in [4.78, 5) is 38.4. The zero-order valence-electron chi connectivity index (χ0n) is 51.7. The van der Waals surface area contributed by atoms with Crippen molar-refractivity contribution in [1.82, 2.24) is 0 Å². The molecule has 0 heterocycles. The van der Waals surface area contributed by atoms with Gasteiger partial charge in [0.1, 0.15) is 13.2 Å². The average molecular weight is 1060 g/mol. The van der Waals surface area contributed by atoms with Gasteiger partial charge in [-0.05, 0) is 31.1 Å². The van der Waals surface area contributed by atoms with Crippen LogP contribution in [0.15, 0.2) is 0 Å². The molecule has 0 saturated heterocycles. The summed E-state index contributed by atoms with van der Waals surface area (Å²) < 4.78 is 17.0. The highest BCUT2D eigenvalue weighted by Crippen LogP contribution is 2.20. The lowest BCUT2D eigenvalue weighted by Gasteiger charge is -2.18. The molecule has 0 saturated carbocycles. The van der Waals surface area contributed by atoms with Gasteiger partial charge in [0.25, 0.3) is 0 Å². The van der Waals surface area contributed by atoms with E-state index < -0.39 is 6.10 Å². The van der Waals surface area contributed by atoms with E-state index in [1.54, 1.807) is 0 Å². The smallest absolute Gasteiger partial charge is 0.306 e. The highest BCUT2D eigenvalue weighted by Gasteiger charge is 2.20. The van der Waals surface area contributed by atoms with Crippen molar-refractivity contribution in [3.8, 4) is 0 Å². The Kier molecular flexibility index (Phi) is 60.3. The summed E-state index contributed by atoms with van der Waals surface area (Å²) in [5, 5.41) is 0. The fourth-order valence-corrected chi connectivity index (χ4v) is 10.8. The summed E-state index contributed by atoms with van der Waals surface area (Å²) in [6.07, 6.45) is 69.6. The third-order valence-corrected chi connectivity index (χ3v) is 16.3. The molecule has 0 spiro atoms. The number of carbonyl (C=O) groups excluding carboxylic acids is 3. The van der Waals surface area contributed by atoms with Crippen molar-refractivity contribution in [3.05, 3.63) is 0 Å². The Morgan fingerprint density at radius 2 is 0.507 bits per heavy atom. The van der Waals surface area contributed by atoms with Gasteiger partial charge in [-0.2, -0.15) is 0 Å². The van der Waals surface area contributed by atoms with E-state index in [1.165, 1.54) is 283 Å². The minimum absolute atomic E-state index is 0.0613. The highest BCUT2D eigenvalue weighted by atomic mass is 16.6. The molecule has 0 rings (SSSR count). The van der Waals surface area contributed by atoms with Crippen molar-refractivity contribution in [2.45, 2.75) is 400 Å². The molecule has 0 bridgehead atoms. The van der Waals surface area contributed by atoms with E-state index in [2.05, 4.69) is 34.6 Å². The first-order chi connectivity index (χ1) is 36.8. The van der Waals surface area contributed by atoms with Crippen LogP contribution in [0.25, 0.3) is 0 Å². The second kappa shape index (κ2) is 61.6. The first-order valence-corrected chi connectivity index (χ1v) is 34.3. The molecule has 446 valence electrons. The maximum absolute atomic E-state index is 12.9. The van der Waals surface area contributed by atoms with E-state index in [0.717, 1.165) is 69.6 Å². The molecule has 1 unspecified atom stereocenters. The standard InChI is InChI=1S/C69H134O6/c1-6-8-9-10-11-12-13-14-15-24-29-34-39-44-49-54-59-67(70)73-62-66(63-74-68(71)60-55-50-45-40-35-30-25-21-20-22-27-32-37-42-47-52-57-64(3)4)75-69(72)61-56-51-46-41-36-31-26-19-17-16-18-23-28-33-38-43-48-53-58-65(5)7-2/h64-66H,6-63H2,1-5H3/t65?,66-/m0/s1. The molecule has 2 atom stereocenters. The maximum atomic E-state index is 12.9. The summed E-state index contributed by atoms with van der Waals surface area (Å²) in [6.45, 7) is 11.5. The highest BCUT2D eigenvalue weighted by molar-refractivity contribution is 5.71. The molecule has 0 aromatic carbocycles. The number of carbonyl (C=O) groups is 3. The van der Waals surface area contributed by atoms with Gasteiger partial charge in [-0.3, -0.25) is 14.4 Å². The molecule has 6 heteroatoms. The first kappa shape index (κ1) is 73.4. The Bertz CT molecular complexity index is 1150. The zero-order valence-corrected chi connectivity index (χ0v) is 51.7. The minimum atomic E-state index is -0.764. The fraction of sp³-hybridized carbons (Fsp3) is 0.957. The van der Waals surface area contributed by atoms with Gasteiger partial charge >= 0.3 is 17.9 Å². The quantitative estimate of drug-likeness (QED) is 0.0343. The van der Waals surface area contributed by atoms with Crippen molar-refractivity contribution in [3.63, 3.8) is 0 Å². The molecule has 0 aliphatic carbocycles. The van der Waals surface area contributed by atoms with Crippen molar-refractivity contribution < 1.29 is 28.6 Å². The predicted molar refractivity (Wildman–Crippen MR) is 326 cm³/mol. The topological polar surface area (TPSA) is 78.9 Å². The van der Waals surface area contributed by atoms with Crippen LogP contribution in [0.5, 0.6) is 0 Å². The largest absolute Gasteiger partial charge is 0.462 e. The molecule has 0 aliphatic heterocycles. The summed E-state index contributed by atoms with van der Waals surface area (Å²) in [6, 6.07) is 0. The molecule has 6 nitrogen and oxygen atoms in total. The SMILES string of the molecule is CCCCCCCCCCCCCCCCCCC(=O)OC[C@@H](COC(=O)CCCCCCCCCCCCCCCCCCC(C)C)OC(=O)CCCCCCCCCCCCCCCCCCCCC(C)CC. The van der Waals surface area contributed by atoms with E-state index in [9.17, 15) is 14.4 Å². The summed E-state index contributed by atoms with van der Waals surface area (Å²) >= 11 is 0. The zero-order chi connectivity index (χ0) is 54.6. The Labute approximate surface area is 469 Å². The molecule has 0 aromatic rings. The number of unbranched alkanes of at least 4 members (excludes halogenated alkanes) is 47. The average Bonchev–Trinajstić information content (AvgIpc) is 3.40. The second-order valence-electron chi connectivity index (χ2n) is 24.5. The Hall–Kier alpha value is -1.59. The second-order valence-corrected chi connectivity index (χ2v) is 24.5. The van der Waals surface area contributed by atoms with E-state index in [-0.39, 0.29) is 31.1 Å². The van der Waals surface area contributed by atoms with Crippen LogP contribution in [-0.2, 0) is 28.6 Å². The van der Waals surface area contributed by atoms with Crippen LogP contribution in [0, 0.1) is 11.8 Å². The molecule has 0 aliphatic rings. The lowest BCUT2D eigenvalue weighted by molar-refractivity contribution is -0.167. The number of hydrogen-bond donors (Lipinski definition) is 0. The molecule has 75 heavy (non-hydrogen) atoms. The third kappa shape index (κ3) is 61.5. The number of hydrogen-bond acceptors (Lipinski definition) is 6. The van der Waals surface area contributed by atoms with Crippen LogP contribution in [-0.4, -0.2) is 37.2 Å². The van der Waals surface area contributed by atoms with Crippen LogP contribution in [0.1, 0.15) is 394 Å². The lowest BCUT2D eigenvalue weighted by atomic mass is 9.99. The maximum Gasteiger partial charge on any atom is 0.306 e. The van der Waals surface area contributed by atoms with Gasteiger partial charge in [-0.1, -0.05) is 356 Å². The van der Waals surface area contributed by atoms with Crippen LogP contribution in [0.4, 0.5) is 0 Å². The molecule has 0 N–H and O–H groups in total. The van der Waals surface area contributed by atoms with Crippen LogP contribution >= 0.6 is 0 Å². The van der Waals surface area contributed by atoms with E-state index in [1.807, 2.05) is 0 Å². The van der Waals surface area contributed by atoms with E-state index >= 15 is 0 Å². The van der Waals surface area contributed by atoms with Gasteiger partial charge in [-0.25, -0.2) is 0 Å².